The molecule has 0 unspecified atom stereocenters. The molecule has 5 nitrogen and oxygen atoms in total. The van der Waals surface area contributed by atoms with Crippen LogP contribution < -0.4 is 5.73 Å². The third-order valence-corrected chi connectivity index (χ3v) is 6.81. The second-order valence-corrected chi connectivity index (χ2v) is 8.86. The van der Waals surface area contributed by atoms with Gasteiger partial charge in [-0.1, -0.05) is 24.3 Å². The molecular formula is C24H26N4OS. The molecule has 3 aromatic rings. The molecule has 1 aliphatic heterocycles. The number of carbonyl (C=O) groups excluding carboxylic acids is 1. The molecule has 2 aromatic heterocycles. The molecule has 6 heteroatoms. The number of aromatic nitrogens is 1. The third-order valence-electron chi connectivity index (χ3n) is 5.68. The monoisotopic (exact) mass is 418 g/mol. The molecule has 0 radical (unpaired) electrons. The van der Waals surface area contributed by atoms with Gasteiger partial charge in [-0.05, 0) is 67.5 Å². The van der Waals surface area contributed by atoms with Gasteiger partial charge >= 0.3 is 0 Å². The number of thiophene rings is 1. The van der Waals surface area contributed by atoms with Crippen LogP contribution in [0.1, 0.15) is 50.1 Å². The first kappa shape index (κ1) is 20.3. The highest BCUT2D eigenvalue weighted by molar-refractivity contribution is 7.14. The normalized spacial score (nSPS) is 14.6. The van der Waals surface area contributed by atoms with Crippen molar-refractivity contribution in [2.45, 2.75) is 31.6 Å². The van der Waals surface area contributed by atoms with Crippen molar-refractivity contribution < 1.29 is 4.79 Å². The highest BCUT2D eigenvalue weighted by Gasteiger charge is 2.25. The molecule has 0 atom stereocenters. The van der Waals surface area contributed by atoms with E-state index in [0.29, 0.717) is 5.92 Å². The molecule has 1 saturated heterocycles. The summed E-state index contributed by atoms with van der Waals surface area (Å²) < 4.78 is 0. The molecule has 4 rings (SSSR count). The molecule has 3 heterocycles. The highest BCUT2D eigenvalue weighted by Crippen LogP contribution is 2.30. The maximum Gasteiger partial charge on any atom is 0.263 e. The molecule has 0 bridgehead atoms. The van der Waals surface area contributed by atoms with Gasteiger partial charge in [-0.25, -0.2) is 0 Å². The zero-order valence-corrected chi connectivity index (χ0v) is 17.7. The summed E-state index contributed by atoms with van der Waals surface area (Å²) >= 11 is 1.60. The minimum atomic E-state index is 0.0982. The van der Waals surface area contributed by atoms with Gasteiger partial charge in [0.05, 0.1) is 4.88 Å². The number of aryl methyl sites for hydroxylation is 2. The Morgan fingerprint density at radius 3 is 2.67 bits per heavy atom. The number of piperidine rings is 1. The van der Waals surface area contributed by atoms with E-state index < -0.39 is 0 Å². The molecule has 1 aromatic carbocycles. The number of hydrogen-bond donors (Lipinski definition) is 2. The van der Waals surface area contributed by atoms with Gasteiger partial charge in [0.25, 0.3) is 5.91 Å². The summed E-state index contributed by atoms with van der Waals surface area (Å²) in [4.78, 5) is 21.3. The number of nitrogens with one attached hydrogen (secondary N) is 1. The SMILES string of the molecule is N=C(N)c1cccc(C2CCN(C(=O)c3ccc(CCc4ccccn4)s3)CC2)c1. The summed E-state index contributed by atoms with van der Waals surface area (Å²) in [5.74, 6) is 0.645. The third kappa shape index (κ3) is 4.76. The van der Waals surface area contributed by atoms with Crippen LogP contribution in [-0.4, -0.2) is 34.7 Å². The van der Waals surface area contributed by atoms with Crippen LogP contribution in [0, 0.1) is 5.41 Å². The Morgan fingerprint density at radius 2 is 1.93 bits per heavy atom. The number of amidine groups is 1. The van der Waals surface area contributed by atoms with Gasteiger partial charge in [-0.15, -0.1) is 11.3 Å². The first-order chi connectivity index (χ1) is 14.6. The molecule has 30 heavy (non-hydrogen) atoms. The average Bonchev–Trinajstić information content (AvgIpc) is 3.27. The topological polar surface area (TPSA) is 83.1 Å². The van der Waals surface area contributed by atoms with Crippen molar-refractivity contribution in [3.8, 4) is 0 Å². The van der Waals surface area contributed by atoms with Gasteiger partial charge in [0.1, 0.15) is 5.84 Å². The van der Waals surface area contributed by atoms with Gasteiger partial charge in [0.15, 0.2) is 0 Å². The van der Waals surface area contributed by atoms with E-state index in [2.05, 4.69) is 17.1 Å². The van der Waals surface area contributed by atoms with Gasteiger partial charge < -0.3 is 10.6 Å². The van der Waals surface area contributed by atoms with Crippen LogP contribution in [0.5, 0.6) is 0 Å². The van der Waals surface area contributed by atoms with Gasteiger partial charge in [0, 0.05) is 35.4 Å². The van der Waals surface area contributed by atoms with E-state index in [1.807, 2.05) is 53.6 Å². The number of amides is 1. The predicted molar refractivity (Wildman–Crippen MR) is 121 cm³/mol. The number of nitrogens with zero attached hydrogens (tertiary/aromatic N) is 2. The maximum absolute atomic E-state index is 13.0. The summed E-state index contributed by atoms with van der Waals surface area (Å²) in [6.45, 7) is 1.52. The first-order valence-electron chi connectivity index (χ1n) is 10.3. The number of nitrogens with two attached hydrogens (primary N) is 1. The Bertz CT molecular complexity index is 1020. The van der Waals surface area contributed by atoms with Crippen molar-refractivity contribution in [2.24, 2.45) is 5.73 Å². The van der Waals surface area contributed by atoms with Crippen LogP contribution >= 0.6 is 11.3 Å². The van der Waals surface area contributed by atoms with E-state index in [1.54, 1.807) is 11.3 Å². The molecule has 0 saturated carbocycles. The van der Waals surface area contributed by atoms with Crippen LogP contribution in [0.15, 0.2) is 60.8 Å². The van der Waals surface area contributed by atoms with Crippen molar-refractivity contribution in [1.82, 2.24) is 9.88 Å². The van der Waals surface area contributed by atoms with E-state index >= 15 is 0 Å². The van der Waals surface area contributed by atoms with E-state index in [0.717, 1.165) is 54.9 Å². The zero-order chi connectivity index (χ0) is 20.9. The molecule has 0 spiro atoms. The van der Waals surface area contributed by atoms with Crippen LogP contribution in [0.2, 0.25) is 0 Å². The number of pyridine rings is 1. The molecule has 1 fully saturated rings. The fourth-order valence-electron chi connectivity index (χ4n) is 3.96. The van der Waals surface area contributed by atoms with Crippen LogP contribution in [-0.2, 0) is 12.8 Å². The smallest absolute Gasteiger partial charge is 0.263 e. The molecule has 1 aliphatic rings. The summed E-state index contributed by atoms with van der Waals surface area (Å²) in [6.07, 6.45) is 5.48. The van der Waals surface area contributed by atoms with E-state index in [-0.39, 0.29) is 11.7 Å². The maximum atomic E-state index is 13.0. The molecule has 1 amide bonds. The molecular weight excluding hydrogens is 392 g/mol. The molecule has 3 N–H and O–H groups in total. The lowest BCUT2D eigenvalue weighted by Crippen LogP contribution is -2.37. The first-order valence-corrected chi connectivity index (χ1v) is 11.1. The Balaban J connectivity index is 1.33. The lowest BCUT2D eigenvalue weighted by Gasteiger charge is -2.32. The highest BCUT2D eigenvalue weighted by atomic mass is 32.1. The number of benzene rings is 1. The van der Waals surface area contributed by atoms with E-state index in [9.17, 15) is 4.79 Å². The summed E-state index contributed by atoms with van der Waals surface area (Å²) in [5.41, 5.74) is 8.68. The number of likely N-dealkylation sites (tertiary alicyclic amines) is 1. The van der Waals surface area contributed by atoms with Crippen LogP contribution in [0.25, 0.3) is 0 Å². The lowest BCUT2D eigenvalue weighted by molar-refractivity contribution is 0.0718. The van der Waals surface area contributed by atoms with Gasteiger partial charge in [-0.3, -0.25) is 15.2 Å². The van der Waals surface area contributed by atoms with Crippen molar-refractivity contribution in [1.29, 1.82) is 5.41 Å². The Morgan fingerprint density at radius 1 is 1.10 bits per heavy atom. The second kappa shape index (κ2) is 9.22. The molecule has 154 valence electrons. The fraction of sp³-hybridized carbons (Fsp3) is 0.292. The minimum absolute atomic E-state index is 0.0982. The largest absolute Gasteiger partial charge is 0.384 e. The summed E-state index contributed by atoms with van der Waals surface area (Å²) in [7, 11) is 0. The van der Waals surface area contributed by atoms with Gasteiger partial charge in [0.2, 0.25) is 0 Å². The Hall–Kier alpha value is -2.99. The van der Waals surface area contributed by atoms with Crippen molar-refractivity contribution in [3.63, 3.8) is 0 Å². The van der Waals surface area contributed by atoms with Gasteiger partial charge in [-0.2, -0.15) is 0 Å². The lowest BCUT2D eigenvalue weighted by atomic mass is 9.88. The minimum Gasteiger partial charge on any atom is -0.384 e. The summed E-state index contributed by atoms with van der Waals surface area (Å²) in [5, 5.41) is 7.63. The number of nitrogen functional groups attached to an aromatic ring is 1. The standard InChI is InChI=1S/C24H26N4OS/c25-23(26)19-5-3-4-18(16-19)17-11-14-28(15-12-17)24(29)22-10-9-21(30-22)8-7-20-6-1-2-13-27-20/h1-6,9-10,13,16-17H,7-8,11-12,14-15H2,(H3,25,26). The quantitative estimate of drug-likeness (QED) is 0.464. The second-order valence-electron chi connectivity index (χ2n) is 7.69. The fourth-order valence-corrected chi connectivity index (χ4v) is 4.93. The van der Waals surface area contributed by atoms with E-state index in [1.165, 1.54) is 10.4 Å². The van der Waals surface area contributed by atoms with Crippen LogP contribution in [0.3, 0.4) is 0 Å². The van der Waals surface area contributed by atoms with Crippen LogP contribution in [0.4, 0.5) is 0 Å². The number of rotatable bonds is 6. The summed E-state index contributed by atoms with van der Waals surface area (Å²) in [6, 6.07) is 17.9. The predicted octanol–water partition coefficient (Wildman–Crippen LogP) is 4.23. The number of hydrogen-bond acceptors (Lipinski definition) is 4. The average molecular weight is 419 g/mol. The van der Waals surface area contributed by atoms with Crippen molar-refractivity contribution in [2.75, 3.05) is 13.1 Å². The molecule has 0 aliphatic carbocycles. The van der Waals surface area contributed by atoms with E-state index in [4.69, 9.17) is 11.1 Å². The number of carbonyl (C=O) groups is 1. The zero-order valence-electron chi connectivity index (χ0n) is 16.9. The Labute approximate surface area is 181 Å². The van der Waals surface area contributed by atoms with Crippen molar-refractivity contribution >= 4 is 23.1 Å². The Kier molecular flexibility index (Phi) is 6.23. The van der Waals surface area contributed by atoms with Crippen molar-refractivity contribution in [3.05, 3.63) is 87.4 Å².